The number of esters is 1. The van der Waals surface area contributed by atoms with Gasteiger partial charge in [0.15, 0.2) is 6.61 Å². The van der Waals surface area contributed by atoms with E-state index >= 15 is 0 Å². The van der Waals surface area contributed by atoms with Crippen LogP contribution in [0.5, 0.6) is 0 Å². The Morgan fingerprint density at radius 1 is 1.55 bits per heavy atom. The zero-order chi connectivity index (χ0) is 8.91. The third-order valence-electron chi connectivity index (χ3n) is 0.643. The van der Waals surface area contributed by atoms with Crippen LogP contribution in [0, 0.1) is 12.3 Å². The van der Waals surface area contributed by atoms with Crippen molar-refractivity contribution in [1.29, 1.82) is 0 Å². The van der Waals surface area contributed by atoms with E-state index < -0.39 is 25.2 Å². The highest BCUT2D eigenvalue weighted by Gasteiger charge is 2.29. The highest BCUT2D eigenvalue weighted by molar-refractivity contribution is 5.72. The number of carbonyl (C=O) groups is 1. The molecule has 0 saturated carbocycles. The zero-order valence-electron chi connectivity index (χ0n) is 5.44. The van der Waals surface area contributed by atoms with Crippen LogP contribution in [0.15, 0.2) is 0 Å². The second-order valence-corrected chi connectivity index (χ2v) is 1.66. The minimum Gasteiger partial charge on any atom is -0.455 e. The summed E-state index contributed by atoms with van der Waals surface area (Å²) in [4.78, 5) is 10.2. The maximum absolute atomic E-state index is 11.3. The van der Waals surface area contributed by atoms with Gasteiger partial charge in [-0.15, -0.1) is 6.42 Å². The topological polar surface area (TPSA) is 26.3 Å². The Morgan fingerprint density at radius 3 is 2.45 bits per heavy atom. The lowest BCUT2D eigenvalue weighted by atomic mass is 10.5. The first kappa shape index (κ1) is 9.82. The molecule has 0 aliphatic carbocycles. The van der Waals surface area contributed by atoms with E-state index in [0.717, 1.165) is 0 Å². The van der Waals surface area contributed by atoms with Crippen molar-refractivity contribution in [2.75, 3.05) is 6.61 Å². The molecule has 11 heavy (non-hydrogen) atoms. The number of carbonyl (C=O) groups excluding carboxylic acids is 1. The van der Waals surface area contributed by atoms with Gasteiger partial charge in [0.05, 0.1) is 0 Å². The molecule has 2 nitrogen and oxygen atoms in total. The van der Waals surface area contributed by atoms with Gasteiger partial charge < -0.3 is 4.74 Å². The van der Waals surface area contributed by atoms with Crippen LogP contribution in [0.4, 0.5) is 13.2 Å². The molecule has 5 heteroatoms. The number of hydrogen-bond donors (Lipinski definition) is 0. The van der Waals surface area contributed by atoms with E-state index in [4.69, 9.17) is 0 Å². The summed E-state index contributed by atoms with van der Waals surface area (Å²) in [5, 5.41) is 0. The molecular formula is C6H5F3O2. The SMILES string of the molecule is C#CCC(=O)OCC(F)(F)F. The van der Waals surface area contributed by atoms with Gasteiger partial charge in [0.25, 0.3) is 0 Å². The van der Waals surface area contributed by atoms with Crippen LogP contribution in [-0.2, 0) is 9.53 Å². The van der Waals surface area contributed by atoms with Crippen molar-refractivity contribution < 1.29 is 22.7 Å². The lowest BCUT2D eigenvalue weighted by Gasteiger charge is -2.05. The largest absolute Gasteiger partial charge is 0.455 e. The number of hydrogen-bond acceptors (Lipinski definition) is 2. The average Bonchev–Trinajstić information content (AvgIpc) is 1.83. The molecule has 0 atom stereocenters. The summed E-state index contributed by atoms with van der Waals surface area (Å²) in [5.41, 5.74) is 0. The van der Waals surface area contributed by atoms with Crippen LogP contribution in [0.2, 0.25) is 0 Å². The molecule has 0 bridgehead atoms. The third-order valence-corrected chi connectivity index (χ3v) is 0.643. The molecule has 0 N–H and O–H groups in total. The summed E-state index contributed by atoms with van der Waals surface area (Å²) in [6.45, 7) is -1.58. The molecule has 0 radical (unpaired) electrons. The number of terminal acetylenes is 1. The lowest BCUT2D eigenvalue weighted by Crippen LogP contribution is -2.19. The Labute approximate surface area is 61.3 Å². The molecule has 0 aliphatic rings. The van der Waals surface area contributed by atoms with Gasteiger partial charge in [-0.3, -0.25) is 4.79 Å². The minimum absolute atomic E-state index is 0.434. The van der Waals surface area contributed by atoms with Crippen molar-refractivity contribution in [3.05, 3.63) is 0 Å². The Balaban J connectivity index is 3.57. The highest BCUT2D eigenvalue weighted by atomic mass is 19.4. The van der Waals surface area contributed by atoms with Crippen molar-refractivity contribution in [1.82, 2.24) is 0 Å². The molecule has 0 rings (SSSR count). The third kappa shape index (κ3) is 6.71. The molecule has 0 fully saturated rings. The van der Waals surface area contributed by atoms with Crippen molar-refractivity contribution in [2.24, 2.45) is 0 Å². The standard InChI is InChI=1S/C6H5F3O2/c1-2-3-5(10)11-4-6(7,8)9/h1H,3-4H2. The van der Waals surface area contributed by atoms with Crippen LogP contribution < -0.4 is 0 Å². The lowest BCUT2D eigenvalue weighted by molar-refractivity contribution is -0.185. The first-order chi connectivity index (χ1) is 4.95. The van der Waals surface area contributed by atoms with Crippen LogP contribution >= 0.6 is 0 Å². The average molecular weight is 166 g/mol. The summed E-state index contributed by atoms with van der Waals surface area (Å²) >= 11 is 0. The van der Waals surface area contributed by atoms with Gasteiger partial charge in [0, 0.05) is 0 Å². The Kier molecular flexibility index (Phi) is 3.45. The normalized spacial score (nSPS) is 10.4. The molecule has 0 unspecified atom stereocenters. The molecule has 0 amide bonds. The number of halogens is 3. The predicted molar refractivity (Wildman–Crippen MR) is 30.5 cm³/mol. The quantitative estimate of drug-likeness (QED) is 0.453. The molecule has 0 aromatic carbocycles. The maximum atomic E-state index is 11.3. The summed E-state index contributed by atoms with van der Waals surface area (Å²) in [6, 6.07) is 0. The Morgan fingerprint density at radius 2 is 2.09 bits per heavy atom. The van der Waals surface area contributed by atoms with E-state index in [2.05, 4.69) is 11.2 Å². The second-order valence-electron chi connectivity index (χ2n) is 1.66. The number of rotatable bonds is 2. The van der Waals surface area contributed by atoms with Crippen molar-refractivity contribution in [3.8, 4) is 12.3 Å². The summed E-state index contributed by atoms with van der Waals surface area (Å²) in [6.07, 6.45) is -0.280. The fourth-order valence-electron chi connectivity index (χ4n) is 0.297. The van der Waals surface area contributed by atoms with E-state index in [0.29, 0.717) is 0 Å². The first-order valence-electron chi connectivity index (χ1n) is 2.61. The van der Waals surface area contributed by atoms with Gasteiger partial charge in [0.1, 0.15) is 6.42 Å². The van der Waals surface area contributed by atoms with Gasteiger partial charge in [-0.25, -0.2) is 0 Å². The highest BCUT2D eigenvalue weighted by Crippen LogP contribution is 2.14. The van der Waals surface area contributed by atoms with Crippen molar-refractivity contribution in [2.45, 2.75) is 12.6 Å². The van der Waals surface area contributed by atoms with Crippen LogP contribution in [0.25, 0.3) is 0 Å². The predicted octanol–water partition coefficient (Wildman–Crippen LogP) is 1.12. The molecule has 0 aromatic heterocycles. The van der Waals surface area contributed by atoms with Crippen LogP contribution in [-0.4, -0.2) is 18.8 Å². The van der Waals surface area contributed by atoms with Gasteiger partial charge in [-0.1, -0.05) is 5.92 Å². The zero-order valence-corrected chi connectivity index (χ0v) is 5.44. The van der Waals surface area contributed by atoms with E-state index in [1.54, 1.807) is 0 Å². The van der Waals surface area contributed by atoms with E-state index in [9.17, 15) is 18.0 Å². The Hall–Kier alpha value is -1.18. The molecule has 0 saturated heterocycles. The second kappa shape index (κ2) is 3.86. The van der Waals surface area contributed by atoms with Gasteiger partial charge in [-0.05, 0) is 0 Å². The Bertz CT molecular complexity index is 177. The molecule has 0 aromatic rings. The van der Waals surface area contributed by atoms with Gasteiger partial charge in [0.2, 0.25) is 0 Å². The van der Waals surface area contributed by atoms with Crippen molar-refractivity contribution >= 4 is 5.97 Å². The van der Waals surface area contributed by atoms with Gasteiger partial charge >= 0.3 is 12.1 Å². The van der Waals surface area contributed by atoms with Gasteiger partial charge in [-0.2, -0.15) is 13.2 Å². The fourth-order valence-corrected chi connectivity index (χ4v) is 0.297. The maximum Gasteiger partial charge on any atom is 0.422 e. The fraction of sp³-hybridized carbons (Fsp3) is 0.500. The first-order valence-corrected chi connectivity index (χ1v) is 2.61. The number of ether oxygens (including phenoxy) is 1. The van der Waals surface area contributed by atoms with E-state index in [-0.39, 0.29) is 0 Å². The summed E-state index contributed by atoms with van der Waals surface area (Å²) in [5.74, 6) is 0.825. The molecule has 0 aliphatic heterocycles. The molecule has 0 spiro atoms. The smallest absolute Gasteiger partial charge is 0.422 e. The van der Waals surface area contributed by atoms with E-state index in [1.165, 1.54) is 0 Å². The summed E-state index contributed by atoms with van der Waals surface area (Å²) in [7, 11) is 0. The van der Waals surface area contributed by atoms with E-state index in [1.807, 2.05) is 5.92 Å². The van der Waals surface area contributed by atoms with Crippen molar-refractivity contribution in [3.63, 3.8) is 0 Å². The van der Waals surface area contributed by atoms with Crippen LogP contribution in [0.3, 0.4) is 0 Å². The molecule has 0 heterocycles. The minimum atomic E-state index is -4.48. The monoisotopic (exact) mass is 166 g/mol. The molecule has 62 valence electrons. The van der Waals surface area contributed by atoms with Crippen LogP contribution in [0.1, 0.15) is 6.42 Å². The number of alkyl halides is 3. The molecular weight excluding hydrogens is 161 g/mol. The summed E-state index contributed by atoms with van der Waals surface area (Å²) < 4.78 is 37.7.